The molecule has 0 atom stereocenters. The Labute approximate surface area is 161 Å². The summed E-state index contributed by atoms with van der Waals surface area (Å²) in [5.74, 6) is 0.105. The number of nitrogens with one attached hydrogen (secondary N) is 1. The summed E-state index contributed by atoms with van der Waals surface area (Å²) in [4.78, 5) is 17.1. The highest BCUT2D eigenvalue weighted by Gasteiger charge is 2.23. The fourth-order valence-electron chi connectivity index (χ4n) is 2.82. The largest absolute Gasteiger partial charge is 0.345 e. The molecule has 0 aromatic carbocycles. The van der Waals surface area contributed by atoms with E-state index in [2.05, 4.69) is 65.9 Å². The lowest BCUT2D eigenvalue weighted by molar-refractivity contribution is 0.0944. The Morgan fingerprint density at radius 2 is 2.00 bits per heavy atom. The lowest BCUT2D eigenvalue weighted by Crippen LogP contribution is -2.27. The second-order valence-electron chi connectivity index (χ2n) is 7.72. The van der Waals surface area contributed by atoms with Gasteiger partial charge in [-0.3, -0.25) is 9.48 Å². The topological polar surface area (TPSA) is 64.2 Å². The van der Waals surface area contributed by atoms with Crippen LogP contribution >= 0.6 is 15.9 Å². The predicted molar refractivity (Wildman–Crippen MR) is 105 cm³/mol. The van der Waals surface area contributed by atoms with Crippen molar-refractivity contribution in [2.75, 3.05) is 0 Å². The van der Waals surface area contributed by atoms with Crippen molar-refractivity contribution in [3.8, 4) is 0 Å². The van der Waals surface area contributed by atoms with Gasteiger partial charge in [0.15, 0.2) is 0 Å². The van der Waals surface area contributed by atoms with E-state index < -0.39 is 0 Å². The summed E-state index contributed by atoms with van der Waals surface area (Å²) in [5, 5.41) is 7.46. The van der Waals surface area contributed by atoms with Crippen molar-refractivity contribution in [1.82, 2.24) is 24.5 Å². The molecule has 0 saturated carbocycles. The molecule has 1 N–H and O–H groups in total. The predicted octanol–water partition coefficient (Wildman–Crippen LogP) is 4.10. The molecule has 0 aliphatic carbocycles. The molecule has 26 heavy (non-hydrogen) atoms. The minimum atomic E-state index is -0.187. The van der Waals surface area contributed by atoms with Gasteiger partial charge in [-0.1, -0.05) is 13.8 Å². The molecule has 6 nitrogen and oxygen atoms in total. The lowest BCUT2D eigenvalue weighted by Gasteiger charge is -2.23. The Morgan fingerprint density at radius 1 is 1.27 bits per heavy atom. The number of hydrogen-bond acceptors (Lipinski definition) is 3. The molecule has 3 aromatic heterocycles. The van der Waals surface area contributed by atoms with Crippen molar-refractivity contribution in [3.05, 3.63) is 52.1 Å². The number of rotatable bonds is 4. The zero-order valence-electron chi connectivity index (χ0n) is 15.7. The Bertz CT molecular complexity index is 949. The van der Waals surface area contributed by atoms with E-state index in [4.69, 9.17) is 0 Å². The maximum atomic E-state index is 12.6. The first-order chi connectivity index (χ1) is 12.1. The van der Waals surface area contributed by atoms with Crippen LogP contribution < -0.4 is 5.32 Å². The van der Waals surface area contributed by atoms with Gasteiger partial charge in [0.25, 0.3) is 5.91 Å². The summed E-state index contributed by atoms with van der Waals surface area (Å²) < 4.78 is 4.85. The SMILES string of the molecule is CC(C)c1cc(C(=O)NCc2cn3cc(Br)ccc3n2)nn1C(C)(C)C. The Morgan fingerprint density at radius 3 is 2.62 bits per heavy atom. The van der Waals surface area contributed by atoms with Crippen LogP contribution in [0.4, 0.5) is 0 Å². The molecule has 3 aromatic rings. The highest BCUT2D eigenvalue weighted by molar-refractivity contribution is 9.10. The minimum absolute atomic E-state index is 0.173. The third-order valence-corrected chi connectivity index (χ3v) is 4.56. The highest BCUT2D eigenvalue weighted by atomic mass is 79.9. The summed E-state index contributed by atoms with van der Waals surface area (Å²) in [5.41, 5.74) is 2.97. The standard InChI is InChI=1S/C19H24BrN5O/c1-12(2)16-8-15(23-25(16)19(3,4)5)18(26)21-9-14-11-24-10-13(20)6-7-17(24)22-14/h6-8,10-12H,9H2,1-5H3,(H,21,26). The fraction of sp³-hybridized carbons (Fsp3) is 0.421. The molecule has 0 aliphatic rings. The monoisotopic (exact) mass is 417 g/mol. The minimum Gasteiger partial charge on any atom is -0.345 e. The number of carbonyl (C=O) groups is 1. The van der Waals surface area contributed by atoms with E-state index in [1.54, 1.807) is 0 Å². The molecule has 0 fully saturated rings. The van der Waals surface area contributed by atoms with Gasteiger partial charge in [0, 0.05) is 22.6 Å². The molecular formula is C19H24BrN5O. The molecule has 1 amide bonds. The van der Waals surface area contributed by atoms with Gasteiger partial charge in [-0.05, 0) is 60.8 Å². The smallest absolute Gasteiger partial charge is 0.272 e. The molecule has 0 saturated heterocycles. The van der Waals surface area contributed by atoms with Gasteiger partial charge in [-0.15, -0.1) is 0 Å². The van der Waals surface area contributed by atoms with Gasteiger partial charge in [0.05, 0.1) is 17.8 Å². The highest BCUT2D eigenvalue weighted by Crippen LogP contribution is 2.23. The number of halogens is 1. The summed E-state index contributed by atoms with van der Waals surface area (Å²) in [7, 11) is 0. The molecule has 138 valence electrons. The number of aromatic nitrogens is 4. The van der Waals surface area contributed by atoms with Crippen molar-refractivity contribution in [3.63, 3.8) is 0 Å². The maximum absolute atomic E-state index is 12.6. The first-order valence-corrected chi connectivity index (χ1v) is 9.46. The van der Waals surface area contributed by atoms with Crippen LogP contribution in [-0.2, 0) is 12.1 Å². The van der Waals surface area contributed by atoms with Crippen molar-refractivity contribution < 1.29 is 4.79 Å². The molecule has 0 radical (unpaired) electrons. The Hall–Kier alpha value is -2.15. The van der Waals surface area contributed by atoms with E-state index in [0.29, 0.717) is 18.2 Å². The van der Waals surface area contributed by atoms with Gasteiger partial charge < -0.3 is 9.72 Å². The fourth-order valence-corrected chi connectivity index (χ4v) is 3.17. The van der Waals surface area contributed by atoms with Crippen LogP contribution in [0.25, 0.3) is 5.65 Å². The quantitative estimate of drug-likeness (QED) is 0.694. The number of pyridine rings is 1. The van der Waals surface area contributed by atoms with Crippen molar-refractivity contribution >= 4 is 27.5 Å². The van der Waals surface area contributed by atoms with Gasteiger partial charge in [0.1, 0.15) is 11.3 Å². The summed E-state index contributed by atoms with van der Waals surface area (Å²) in [6.07, 6.45) is 3.85. The zero-order valence-corrected chi connectivity index (χ0v) is 17.3. The van der Waals surface area contributed by atoms with Crippen LogP contribution in [0.15, 0.2) is 35.1 Å². The summed E-state index contributed by atoms with van der Waals surface area (Å²) in [6, 6.07) is 5.75. The molecule has 7 heteroatoms. The van der Waals surface area contributed by atoms with Crippen LogP contribution in [-0.4, -0.2) is 25.1 Å². The maximum Gasteiger partial charge on any atom is 0.272 e. The number of fused-ring (bicyclic) bond motifs is 1. The molecule has 0 unspecified atom stereocenters. The zero-order chi connectivity index (χ0) is 19.1. The first-order valence-electron chi connectivity index (χ1n) is 8.67. The van der Waals surface area contributed by atoms with E-state index in [-0.39, 0.29) is 11.4 Å². The number of carbonyl (C=O) groups excluding carboxylic acids is 1. The van der Waals surface area contributed by atoms with E-state index in [1.807, 2.05) is 39.7 Å². The second kappa shape index (κ2) is 6.87. The Kier molecular flexibility index (Phi) is 4.92. The summed E-state index contributed by atoms with van der Waals surface area (Å²) in [6.45, 7) is 10.8. The molecule has 3 heterocycles. The van der Waals surface area contributed by atoms with Crippen LogP contribution in [0.1, 0.15) is 62.4 Å². The normalized spacial score (nSPS) is 12.1. The Balaban J connectivity index is 1.77. The van der Waals surface area contributed by atoms with Gasteiger partial charge in [-0.2, -0.15) is 5.10 Å². The molecule has 0 aliphatic heterocycles. The van der Waals surface area contributed by atoms with Crippen LogP contribution in [0.2, 0.25) is 0 Å². The number of imidazole rings is 1. The third-order valence-electron chi connectivity index (χ3n) is 4.09. The lowest BCUT2D eigenvalue weighted by atomic mass is 10.1. The molecule has 3 rings (SSSR count). The number of amides is 1. The van der Waals surface area contributed by atoms with Crippen LogP contribution in [0.5, 0.6) is 0 Å². The van der Waals surface area contributed by atoms with Crippen molar-refractivity contribution in [1.29, 1.82) is 0 Å². The van der Waals surface area contributed by atoms with Crippen LogP contribution in [0.3, 0.4) is 0 Å². The number of hydrogen-bond donors (Lipinski definition) is 1. The van der Waals surface area contributed by atoms with Gasteiger partial charge in [0.2, 0.25) is 0 Å². The van der Waals surface area contributed by atoms with E-state index in [0.717, 1.165) is 21.5 Å². The second-order valence-corrected chi connectivity index (χ2v) is 8.64. The third kappa shape index (κ3) is 3.82. The molecule has 0 bridgehead atoms. The molecule has 0 spiro atoms. The first kappa shape index (κ1) is 18.6. The van der Waals surface area contributed by atoms with E-state index >= 15 is 0 Å². The van der Waals surface area contributed by atoms with Gasteiger partial charge in [-0.25, -0.2) is 4.98 Å². The summed E-state index contributed by atoms with van der Waals surface area (Å²) >= 11 is 3.44. The van der Waals surface area contributed by atoms with E-state index in [1.165, 1.54) is 0 Å². The average molecular weight is 418 g/mol. The number of nitrogens with zero attached hydrogens (tertiary/aromatic N) is 4. The van der Waals surface area contributed by atoms with Crippen LogP contribution in [0, 0.1) is 0 Å². The van der Waals surface area contributed by atoms with Crippen molar-refractivity contribution in [2.45, 2.75) is 52.6 Å². The van der Waals surface area contributed by atoms with Crippen molar-refractivity contribution in [2.24, 2.45) is 0 Å². The molecular weight excluding hydrogens is 394 g/mol. The average Bonchev–Trinajstić information content (AvgIpc) is 3.15. The van der Waals surface area contributed by atoms with Gasteiger partial charge >= 0.3 is 0 Å². The van der Waals surface area contributed by atoms with E-state index in [9.17, 15) is 4.79 Å².